The average Bonchev–Trinajstić information content (AvgIpc) is 2.30. The van der Waals surface area contributed by atoms with Crippen molar-refractivity contribution in [3.8, 4) is 0 Å². The van der Waals surface area contributed by atoms with Crippen LogP contribution in [-0.4, -0.2) is 18.3 Å². The fraction of sp³-hybridized carbons (Fsp3) is 0.364. The van der Waals surface area contributed by atoms with Gasteiger partial charge in [-0.05, 0) is 30.2 Å². The van der Waals surface area contributed by atoms with E-state index in [0.717, 1.165) is 0 Å². The largest absolute Gasteiger partial charge is 0.383 e. The first-order valence-corrected chi connectivity index (χ1v) is 5.84. The number of carbonyl (C=O) groups excluding carboxylic acids is 1. The summed E-state index contributed by atoms with van der Waals surface area (Å²) in [5, 5.41) is 1.82. The molecule has 1 aromatic rings. The predicted octanol–water partition coefficient (Wildman–Crippen LogP) is 3.85. The zero-order valence-corrected chi connectivity index (χ0v) is 10.9. The van der Waals surface area contributed by atoms with E-state index >= 15 is 0 Å². The van der Waals surface area contributed by atoms with E-state index in [1.54, 1.807) is 13.0 Å². The number of anilines is 1. The van der Waals surface area contributed by atoms with Crippen LogP contribution in [0, 0.1) is 0 Å². The molecule has 0 radical (unpaired) electrons. The fourth-order valence-corrected chi connectivity index (χ4v) is 1.69. The quantitative estimate of drug-likeness (QED) is 0.836. The van der Waals surface area contributed by atoms with Gasteiger partial charge in [0.1, 0.15) is 0 Å². The Morgan fingerprint density at radius 3 is 2.56 bits per heavy atom. The molecule has 0 aliphatic rings. The number of hydrogen-bond acceptors (Lipinski definition) is 1. The van der Waals surface area contributed by atoms with Gasteiger partial charge in [0.15, 0.2) is 0 Å². The third-order valence-electron chi connectivity index (χ3n) is 2.27. The van der Waals surface area contributed by atoms with Crippen LogP contribution in [-0.2, 0) is 11.2 Å². The van der Waals surface area contributed by atoms with Crippen LogP contribution in [0.5, 0.6) is 0 Å². The molecule has 0 saturated carbocycles. The number of halogens is 5. The molecule has 1 amide bonds. The third kappa shape index (κ3) is 3.22. The van der Waals surface area contributed by atoms with E-state index in [1.807, 2.05) is 5.32 Å². The van der Waals surface area contributed by atoms with Crippen molar-refractivity contribution < 1.29 is 22.4 Å². The molecular weight excluding hydrogens is 318 g/mol. The molecule has 0 heterocycles. The normalized spacial score (nSPS) is 11.7. The first-order chi connectivity index (χ1) is 8.28. The summed E-state index contributed by atoms with van der Waals surface area (Å²) in [6.07, 6.45) is -3.56. The Kier molecular flexibility index (Phi) is 4.72. The van der Waals surface area contributed by atoms with E-state index in [2.05, 4.69) is 15.9 Å². The van der Waals surface area contributed by atoms with Gasteiger partial charge in [-0.15, -0.1) is 0 Å². The number of alkyl halides is 4. The second-order valence-corrected chi connectivity index (χ2v) is 4.45. The van der Waals surface area contributed by atoms with Crippen LogP contribution in [0.4, 0.5) is 23.2 Å². The van der Waals surface area contributed by atoms with Gasteiger partial charge in [0.25, 0.3) is 0 Å². The van der Waals surface area contributed by atoms with E-state index in [1.165, 1.54) is 12.1 Å². The molecule has 0 aromatic heterocycles. The van der Waals surface area contributed by atoms with Gasteiger partial charge in [-0.1, -0.05) is 22.9 Å². The lowest BCUT2D eigenvalue weighted by molar-refractivity contribution is -0.163. The lowest BCUT2D eigenvalue weighted by Gasteiger charge is -2.16. The van der Waals surface area contributed by atoms with Crippen LogP contribution >= 0.6 is 15.9 Å². The van der Waals surface area contributed by atoms with E-state index in [0.29, 0.717) is 16.5 Å². The summed E-state index contributed by atoms with van der Waals surface area (Å²) in [7, 11) is 0. The molecule has 0 spiro atoms. The molecule has 18 heavy (non-hydrogen) atoms. The monoisotopic (exact) mass is 327 g/mol. The molecular formula is C11H10BrF4NO. The van der Waals surface area contributed by atoms with Crippen LogP contribution in [0.1, 0.15) is 12.5 Å². The molecule has 0 unspecified atom stereocenters. The highest BCUT2D eigenvalue weighted by Crippen LogP contribution is 2.27. The molecule has 7 heteroatoms. The van der Waals surface area contributed by atoms with E-state index in [4.69, 9.17) is 0 Å². The summed E-state index contributed by atoms with van der Waals surface area (Å²) >= 11 is 3.19. The minimum absolute atomic E-state index is 0.103. The van der Waals surface area contributed by atoms with Gasteiger partial charge in [-0.3, -0.25) is 4.79 Å². The number of nitrogens with one attached hydrogen (secondary N) is 1. The van der Waals surface area contributed by atoms with Crippen molar-refractivity contribution in [2.24, 2.45) is 0 Å². The Morgan fingerprint density at radius 2 is 2.06 bits per heavy atom. The molecule has 0 aliphatic heterocycles. The average molecular weight is 328 g/mol. The van der Waals surface area contributed by atoms with Crippen LogP contribution in [0.2, 0.25) is 0 Å². The van der Waals surface area contributed by atoms with Gasteiger partial charge in [0, 0.05) is 10.2 Å². The zero-order valence-electron chi connectivity index (χ0n) is 9.31. The maximum absolute atomic E-state index is 12.8. The maximum Gasteiger partial charge on any atom is 0.383 e. The van der Waals surface area contributed by atoms with Crippen molar-refractivity contribution >= 4 is 27.5 Å². The minimum Gasteiger partial charge on any atom is -0.320 e. The Balaban J connectivity index is 2.95. The van der Waals surface area contributed by atoms with Gasteiger partial charge in [0.2, 0.25) is 0 Å². The summed E-state index contributed by atoms with van der Waals surface area (Å²) in [5.41, 5.74) is 0.675. The smallest absolute Gasteiger partial charge is 0.320 e. The van der Waals surface area contributed by atoms with Crippen molar-refractivity contribution in [3.63, 3.8) is 0 Å². The molecule has 2 nitrogen and oxygen atoms in total. The topological polar surface area (TPSA) is 29.1 Å². The van der Waals surface area contributed by atoms with Gasteiger partial charge >= 0.3 is 18.3 Å². The number of rotatable bonds is 4. The first-order valence-electron chi connectivity index (χ1n) is 5.04. The maximum atomic E-state index is 12.8. The Bertz CT molecular complexity index is 451. The van der Waals surface area contributed by atoms with Gasteiger partial charge in [-0.2, -0.15) is 8.78 Å². The Labute approximate surface area is 109 Å². The van der Waals surface area contributed by atoms with Crippen LogP contribution in [0.25, 0.3) is 0 Å². The van der Waals surface area contributed by atoms with Crippen LogP contribution in [0.15, 0.2) is 22.7 Å². The number of amides is 1. The highest BCUT2D eigenvalue weighted by atomic mass is 79.9. The lowest BCUT2D eigenvalue weighted by atomic mass is 10.1. The molecule has 100 valence electrons. The second kappa shape index (κ2) is 5.69. The van der Waals surface area contributed by atoms with E-state index in [-0.39, 0.29) is 5.69 Å². The number of carbonyl (C=O) groups is 1. The van der Waals surface area contributed by atoms with Crippen LogP contribution < -0.4 is 5.32 Å². The summed E-state index contributed by atoms with van der Waals surface area (Å²) in [6.45, 7) is 1.75. The predicted molar refractivity (Wildman–Crippen MR) is 63.1 cm³/mol. The molecule has 1 aromatic carbocycles. The second-order valence-electron chi connectivity index (χ2n) is 3.53. The first kappa shape index (κ1) is 14.9. The van der Waals surface area contributed by atoms with Gasteiger partial charge < -0.3 is 5.32 Å². The molecule has 0 aliphatic carbocycles. The third-order valence-corrected chi connectivity index (χ3v) is 2.77. The fourth-order valence-electron chi connectivity index (χ4n) is 1.28. The Morgan fingerprint density at radius 1 is 1.44 bits per heavy atom. The summed E-state index contributed by atoms with van der Waals surface area (Å²) in [6, 6.07) is 4.52. The van der Waals surface area contributed by atoms with Crippen molar-refractivity contribution in [2.45, 2.75) is 25.7 Å². The van der Waals surface area contributed by atoms with Gasteiger partial charge in [0.05, 0.1) is 0 Å². The molecule has 0 saturated heterocycles. The number of benzene rings is 1. The van der Waals surface area contributed by atoms with Crippen molar-refractivity contribution in [1.82, 2.24) is 0 Å². The SMILES string of the molecule is CCc1cc(Br)ccc1NC(=O)C(F)(F)C(F)F. The van der Waals surface area contributed by atoms with Crippen LogP contribution in [0.3, 0.4) is 0 Å². The van der Waals surface area contributed by atoms with Gasteiger partial charge in [-0.25, -0.2) is 8.78 Å². The Hall–Kier alpha value is -1.11. The molecule has 1 N–H and O–H groups in total. The highest BCUT2D eigenvalue weighted by Gasteiger charge is 2.49. The zero-order chi connectivity index (χ0) is 13.9. The number of hydrogen-bond donors (Lipinski definition) is 1. The number of aryl methyl sites for hydroxylation is 1. The molecule has 0 atom stereocenters. The summed E-state index contributed by atoms with van der Waals surface area (Å²) in [5.74, 6) is -6.70. The van der Waals surface area contributed by atoms with E-state index < -0.39 is 18.3 Å². The van der Waals surface area contributed by atoms with Crippen molar-refractivity contribution in [3.05, 3.63) is 28.2 Å². The highest BCUT2D eigenvalue weighted by molar-refractivity contribution is 9.10. The van der Waals surface area contributed by atoms with E-state index in [9.17, 15) is 22.4 Å². The minimum atomic E-state index is -4.70. The van der Waals surface area contributed by atoms with Crippen molar-refractivity contribution in [1.29, 1.82) is 0 Å². The molecule has 1 rings (SSSR count). The summed E-state index contributed by atoms with van der Waals surface area (Å²) in [4.78, 5) is 11.1. The lowest BCUT2D eigenvalue weighted by Crippen LogP contribution is -2.41. The standard InChI is InChI=1S/C11H10BrF4NO/c1-2-6-5-7(12)3-4-8(6)17-10(18)11(15,16)9(13)14/h3-5,9H,2H2,1H3,(H,17,18). The summed E-state index contributed by atoms with van der Waals surface area (Å²) < 4.78 is 50.2. The molecule has 0 fully saturated rings. The van der Waals surface area contributed by atoms with Crippen molar-refractivity contribution in [2.75, 3.05) is 5.32 Å². The molecule has 0 bridgehead atoms.